The van der Waals surface area contributed by atoms with E-state index in [-0.39, 0.29) is 6.61 Å². The van der Waals surface area contributed by atoms with Gasteiger partial charge in [-0.05, 0) is 11.5 Å². The average Bonchev–Trinajstić information content (AvgIpc) is 2.84. The predicted octanol–water partition coefficient (Wildman–Crippen LogP) is 0.295. The van der Waals surface area contributed by atoms with Crippen LogP contribution in [0.15, 0.2) is 35.7 Å². The number of rotatable bonds is 3. The van der Waals surface area contributed by atoms with Crippen molar-refractivity contribution in [1.82, 2.24) is 9.97 Å². The summed E-state index contributed by atoms with van der Waals surface area (Å²) >= 11 is 0. The molecule has 0 spiro atoms. The molecule has 0 bridgehead atoms. The van der Waals surface area contributed by atoms with Gasteiger partial charge in [-0.3, -0.25) is 0 Å². The van der Waals surface area contributed by atoms with Gasteiger partial charge in [0.2, 0.25) is 5.88 Å². The molecule has 0 saturated heterocycles. The van der Waals surface area contributed by atoms with E-state index in [2.05, 4.69) is 15.1 Å². The minimum Gasteiger partial charge on any atom is -0.437 e. The smallest absolute Gasteiger partial charge is 0.437 e. The molecule has 0 saturated carbocycles. The Morgan fingerprint density at radius 1 is 1.35 bits per heavy atom. The van der Waals surface area contributed by atoms with Gasteiger partial charge >= 0.3 is 7.12 Å². The second-order valence-electron chi connectivity index (χ2n) is 4.11. The maximum Gasteiger partial charge on any atom is 0.491 e. The molecule has 0 atom stereocenters. The van der Waals surface area contributed by atoms with Crippen molar-refractivity contribution in [2.45, 2.75) is 6.61 Å². The Labute approximate surface area is 114 Å². The fourth-order valence-corrected chi connectivity index (χ4v) is 1.93. The van der Waals surface area contributed by atoms with Gasteiger partial charge in [0.15, 0.2) is 0 Å². The largest absolute Gasteiger partial charge is 0.491 e. The Hall–Kier alpha value is -2.45. The molecule has 100 valence electrons. The van der Waals surface area contributed by atoms with Crippen molar-refractivity contribution in [3.63, 3.8) is 0 Å². The first-order valence-electron chi connectivity index (χ1n) is 5.86. The monoisotopic (exact) mass is 271 g/mol. The highest BCUT2D eigenvalue weighted by molar-refractivity contribution is 6.61. The first kappa shape index (κ1) is 12.6. The van der Waals surface area contributed by atoms with Gasteiger partial charge in [0.1, 0.15) is 11.4 Å². The molecule has 1 aromatic carbocycles. The SMILES string of the molecule is O/N=C/c1cnc(Oc2cccc3c2COB3O)cn1. The summed E-state index contributed by atoms with van der Waals surface area (Å²) in [5.41, 5.74) is 1.90. The summed E-state index contributed by atoms with van der Waals surface area (Å²) < 4.78 is 10.8. The molecule has 0 unspecified atom stereocenters. The molecule has 0 amide bonds. The van der Waals surface area contributed by atoms with E-state index in [9.17, 15) is 5.02 Å². The van der Waals surface area contributed by atoms with Crippen LogP contribution in [-0.2, 0) is 11.3 Å². The van der Waals surface area contributed by atoms with Crippen LogP contribution in [-0.4, -0.2) is 33.5 Å². The van der Waals surface area contributed by atoms with E-state index in [1.54, 1.807) is 18.2 Å². The summed E-state index contributed by atoms with van der Waals surface area (Å²) in [5.74, 6) is 0.867. The fraction of sp³-hybridized carbons (Fsp3) is 0.0833. The highest BCUT2D eigenvalue weighted by Gasteiger charge is 2.29. The highest BCUT2D eigenvalue weighted by Crippen LogP contribution is 2.25. The van der Waals surface area contributed by atoms with Crippen LogP contribution in [0.5, 0.6) is 11.6 Å². The Bertz CT molecular complexity index is 648. The minimum atomic E-state index is -0.914. The number of nitrogens with zero attached hydrogens (tertiary/aromatic N) is 3. The van der Waals surface area contributed by atoms with Gasteiger partial charge in [-0.2, -0.15) is 0 Å². The van der Waals surface area contributed by atoms with Crippen molar-refractivity contribution in [3.05, 3.63) is 41.9 Å². The third-order valence-corrected chi connectivity index (χ3v) is 2.87. The summed E-state index contributed by atoms with van der Waals surface area (Å²) in [6.45, 7) is 0.287. The fourth-order valence-electron chi connectivity index (χ4n) is 1.93. The van der Waals surface area contributed by atoms with Crippen LogP contribution in [0.2, 0.25) is 0 Å². The van der Waals surface area contributed by atoms with E-state index in [1.165, 1.54) is 18.6 Å². The standard InChI is InChI=1S/C12H10BN3O4/c17-13-10-2-1-3-11(9(10)7-19-13)20-12-6-14-8(4-15-12)5-16-18/h1-6,17-18H,7H2/b16-5+. The number of fused-ring (bicyclic) bond motifs is 1. The van der Waals surface area contributed by atoms with Crippen LogP contribution < -0.4 is 10.2 Å². The van der Waals surface area contributed by atoms with Crippen LogP contribution in [0, 0.1) is 0 Å². The van der Waals surface area contributed by atoms with Crippen molar-refractivity contribution in [2.75, 3.05) is 0 Å². The van der Waals surface area contributed by atoms with Crippen molar-refractivity contribution in [3.8, 4) is 11.6 Å². The second kappa shape index (κ2) is 5.28. The molecule has 3 rings (SSSR count). The quantitative estimate of drug-likeness (QED) is 0.360. The molecule has 2 N–H and O–H groups in total. The topological polar surface area (TPSA) is 97.1 Å². The van der Waals surface area contributed by atoms with E-state index in [1.807, 2.05) is 0 Å². The van der Waals surface area contributed by atoms with Crippen molar-refractivity contribution >= 4 is 18.8 Å². The average molecular weight is 271 g/mol. The Balaban J connectivity index is 1.85. The maximum absolute atomic E-state index is 9.62. The Morgan fingerprint density at radius 2 is 2.25 bits per heavy atom. The predicted molar refractivity (Wildman–Crippen MR) is 70.3 cm³/mol. The number of hydrogen-bond acceptors (Lipinski definition) is 7. The van der Waals surface area contributed by atoms with Crippen LogP contribution in [0.3, 0.4) is 0 Å². The highest BCUT2D eigenvalue weighted by atomic mass is 16.5. The minimum absolute atomic E-state index is 0.287. The molecule has 1 aromatic heterocycles. The van der Waals surface area contributed by atoms with Crippen molar-refractivity contribution < 1.29 is 19.6 Å². The lowest BCUT2D eigenvalue weighted by Crippen LogP contribution is -2.27. The van der Waals surface area contributed by atoms with Gasteiger partial charge in [-0.1, -0.05) is 17.3 Å². The number of ether oxygens (including phenoxy) is 1. The summed E-state index contributed by atoms with van der Waals surface area (Å²) in [7, 11) is -0.914. The van der Waals surface area contributed by atoms with Crippen LogP contribution in [0.25, 0.3) is 0 Å². The third-order valence-electron chi connectivity index (χ3n) is 2.87. The van der Waals surface area contributed by atoms with Crippen LogP contribution in [0.4, 0.5) is 0 Å². The summed E-state index contributed by atoms with van der Waals surface area (Å²) in [5, 5.41) is 20.9. The number of benzene rings is 1. The van der Waals surface area contributed by atoms with E-state index in [4.69, 9.17) is 14.6 Å². The maximum atomic E-state index is 9.62. The molecule has 7 nitrogen and oxygen atoms in total. The molecule has 0 aliphatic carbocycles. The van der Waals surface area contributed by atoms with Crippen molar-refractivity contribution in [2.24, 2.45) is 5.16 Å². The summed E-state index contributed by atoms with van der Waals surface area (Å²) in [4.78, 5) is 8.04. The molecule has 2 aromatic rings. The molecule has 0 radical (unpaired) electrons. The normalized spacial score (nSPS) is 13.8. The summed E-state index contributed by atoms with van der Waals surface area (Å²) in [6.07, 6.45) is 4.01. The van der Waals surface area contributed by atoms with Gasteiger partial charge < -0.3 is 19.6 Å². The van der Waals surface area contributed by atoms with E-state index in [0.717, 1.165) is 5.56 Å². The lowest BCUT2D eigenvalue weighted by atomic mass is 9.79. The zero-order chi connectivity index (χ0) is 13.9. The van der Waals surface area contributed by atoms with Gasteiger partial charge in [0, 0.05) is 5.56 Å². The molecule has 1 aliphatic heterocycles. The molecule has 0 fully saturated rings. The molecule has 20 heavy (non-hydrogen) atoms. The molecular formula is C12H10BN3O4. The van der Waals surface area contributed by atoms with E-state index < -0.39 is 7.12 Å². The van der Waals surface area contributed by atoms with Gasteiger partial charge in [-0.25, -0.2) is 9.97 Å². The first-order valence-corrected chi connectivity index (χ1v) is 5.86. The molecule has 8 heteroatoms. The Morgan fingerprint density at radius 3 is 3.00 bits per heavy atom. The Kier molecular flexibility index (Phi) is 3.32. The number of hydrogen-bond donors (Lipinski definition) is 2. The number of aromatic nitrogens is 2. The van der Waals surface area contributed by atoms with Crippen LogP contribution in [0.1, 0.15) is 11.3 Å². The lowest BCUT2D eigenvalue weighted by molar-refractivity contribution is 0.272. The second-order valence-corrected chi connectivity index (χ2v) is 4.11. The van der Waals surface area contributed by atoms with E-state index >= 15 is 0 Å². The lowest BCUT2D eigenvalue weighted by Gasteiger charge is -2.08. The number of oxime groups is 1. The third kappa shape index (κ3) is 2.34. The zero-order valence-corrected chi connectivity index (χ0v) is 10.3. The van der Waals surface area contributed by atoms with Gasteiger partial charge in [0.25, 0.3) is 0 Å². The van der Waals surface area contributed by atoms with Gasteiger partial charge in [-0.15, -0.1) is 0 Å². The van der Waals surface area contributed by atoms with Crippen molar-refractivity contribution in [1.29, 1.82) is 0 Å². The molecule has 1 aliphatic rings. The molecule has 2 heterocycles. The molecular weight excluding hydrogens is 261 g/mol. The van der Waals surface area contributed by atoms with E-state index in [0.29, 0.717) is 22.8 Å². The zero-order valence-electron chi connectivity index (χ0n) is 10.3. The first-order chi connectivity index (χ1) is 9.78. The summed E-state index contributed by atoms with van der Waals surface area (Å²) in [6, 6.07) is 5.32. The van der Waals surface area contributed by atoms with Gasteiger partial charge in [0.05, 0.1) is 25.2 Å². The van der Waals surface area contributed by atoms with Crippen LogP contribution >= 0.6 is 0 Å².